The van der Waals surface area contributed by atoms with E-state index in [4.69, 9.17) is 10.2 Å². The van der Waals surface area contributed by atoms with Crippen LogP contribution in [0.3, 0.4) is 0 Å². The Hall–Kier alpha value is -4.55. The molecule has 4 heterocycles. The van der Waals surface area contributed by atoms with E-state index in [0.29, 0.717) is 5.56 Å². The van der Waals surface area contributed by atoms with Gasteiger partial charge in [0.15, 0.2) is 23.0 Å². The summed E-state index contributed by atoms with van der Waals surface area (Å²) in [5.74, 6) is -1.21. The molecule has 0 aliphatic carbocycles. The van der Waals surface area contributed by atoms with Crippen LogP contribution in [0.1, 0.15) is 22.6 Å². The predicted molar refractivity (Wildman–Crippen MR) is 116 cm³/mol. The van der Waals surface area contributed by atoms with Gasteiger partial charge in [0.1, 0.15) is 17.7 Å². The maximum Gasteiger partial charge on any atom is 0.573 e. The molecule has 0 atom stereocenters. The van der Waals surface area contributed by atoms with E-state index in [0.717, 1.165) is 6.07 Å². The van der Waals surface area contributed by atoms with Gasteiger partial charge in [-0.3, -0.25) is 14.6 Å². The van der Waals surface area contributed by atoms with Crippen molar-refractivity contribution in [2.45, 2.75) is 19.2 Å². The molecule has 2 N–H and O–H groups in total. The Labute approximate surface area is 195 Å². The molecule has 13 heteroatoms. The Morgan fingerprint density at radius 1 is 1.14 bits per heavy atom. The molecule has 0 aliphatic heterocycles. The van der Waals surface area contributed by atoms with Gasteiger partial charge in [-0.1, -0.05) is 0 Å². The maximum absolute atomic E-state index is 13.0. The summed E-state index contributed by atoms with van der Waals surface area (Å²) in [7, 11) is 1.54. The van der Waals surface area contributed by atoms with Gasteiger partial charge >= 0.3 is 6.36 Å². The number of pyridine rings is 2. The standard InChI is InChI=1S/C22H17F3N6O4/c1-31-11-12(4-7-16(31)33)17-19(21-28-9-10-34-21)30-20(26)18(29-17)14(32)6-5-13-15(3-2-8-27-13)35-22(23,24)25/h2-4,7-11H,5-6H2,1H3,(H2,26,30). The van der Waals surface area contributed by atoms with Crippen LogP contribution in [0.5, 0.6) is 5.75 Å². The number of ether oxygens (including phenoxy) is 1. The van der Waals surface area contributed by atoms with Crippen LogP contribution in [0.2, 0.25) is 0 Å². The molecule has 0 aromatic carbocycles. The molecule has 0 unspecified atom stereocenters. The van der Waals surface area contributed by atoms with Gasteiger partial charge in [-0.2, -0.15) is 0 Å². The molecule has 0 radical (unpaired) electrons. The third-order valence-corrected chi connectivity index (χ3v) is 4.84. The number of carbonyl (C=O) groups is 1. The van der Waals surface area contributed by atoms with Crippen molar-refractivity contribution in [3.63, 3.8) is 0 Å². The number of oxazole rings is 1. The number of aryl methyl sites for hydroxylation is 2. The van der Waals surface area contributed by atoms with Crippen LogP contribution in [-0.4, -0.2) is 36.6 Å². The minimum atomic E-state index is -4.90. The molecule has 0 saturated heterocycles. The van der Waals surface area contributed by atoms with E-state index in [-0.39, 0.29) is 52.9 Å². The highest BCUT2D eigenvalue weighted by atomic mass is 19.4. The number of aromatic nitrogens is 5. The number of nitrogens with two attached hydrogens (primary N) is 1. The number of anilines is 1. The lowest BCUT2D eigenvalue weighted by molar-refractivity contribution is -0.275. The first-order chi connectivity index (χ1) is 16.6. The quantitative estimate of drug-likeness (QED) is 0.390. The molecule has 4 aromatic heterocycles. The van der Waals surface area contributed by atoms with E-state index in [9.17, 15) is 22.8 Å². The normalized spacial score (nSPS) is 11.4. The van der Waals surface area contributed by atoms with E-state index in [1.165, 1.54) is 47.6 Å². The van der Waals surface area contributed by atoms with Gasteiger partial charge in [0.25, 0.3) is 0 Å². The summed E-state index contributed by atoms with van der Waals surface area (Å²) >= 11 is 0. The molecule has 0 bridgehead atoms. The first-order valence-electron chi connectivity index (χ1n) is 10.1. The Balaban J connectivity index is 1.68. The summed E-state index contributed by atoms with van der Waals surface area (Å²) in [4.78, 5) is 41.3. The summed E-state index contributed by atoms with van der Waals surface area (Å²) in [6.45, 7) is 0. The number of hydrogen-bond donors (Lipinski definition) is 1. The van der Waals surface area contributed by atoms with Crippen molar-refractivity contribution in [3.05, 3.63) is 70.9 Å². The van der Waals surface area contributed by atoms with Crippen molar-refractivity contribution in [1.82, 2.24) is 24.5 Å². The third kappa shape index (κ3) is 5.34. The van der Waals surface area contributed by atoms with Gasteiger partial charge < -0.3 is 19.5 Å². The largest absolute Gasteiger partial charge is 0.573 e. The van der Waals surface area contributed by atoms with Gasteiger partial charge in [-0.25, -0.2) is 15.0 Å². The number of nitrogens with zero attached hydrogens (tertiary/aromatic N) is 5. The van der Waals surface area contributed by atoms with E-state index in [2.05, 4.69) is 24.7 Å². The lowest BCUT2D eigenvalue weighted by atomic mass is 10.1. The smallest absolute Gasteiger partial charge is 0.443 e. The van der Waals surface area contributed by atoms with Crippen molar-refractivity contribution in [3.8, 4) is 28.6 Å². The monoisotopic (exact) mass is 486 g/mol. The Kier molecular flexibility index (Phi) is 6.32. The fraction of sp³-hybridized carbons (Fsp3) is 0.182. The van der Waals surface area contributed by atoms with Crippen molar-refractivity contribution in [2.75, 3.05) is 5.73 Å². The van der Waals surface area contributed by atoms with Crippen LogP contribution in [0.15, 0.2) is 58.3 Å². The van der Waals surface area contributed by atoms with Gasteiger partial charge in [-0.15, -0.1) is 13.2 Å². The van der Waals surface area contributed by atoms with E-state index < -0.39 is 17.9 Å². The van der Waals surface area contributed by atoms with Crippen molar-refractivity contribution in [1.29, 1.82) is 0 Å². The molecule has 10 nitrogen and oxygen atoms in total. The first-order valence-corrected chi connectivity index (χ1v) is 10.1. The molecule has 4 rings (SSSR count). The van der Waals surface area contributed by atoms with Crippen LogP contribution >= 0.6 is 0 Å². The molecule has 0 spiro atoms. The number of nitrogen functional groups attached to an aromatic ring is 1. The average molecular weight is 486 g/mol. The van der Waals surface area contributed by atoms with Crippen molar-refractivity contribution < 1.29 is 27.1 Å². The van der Waals surface area contributed by atoms with Gasteiger partial charge in [0.2, 0.25) is 11.4 Å². The number of alkyl halides is 3. The molecule has 35 heavy (non-hydrogen) atoms. The summed E-state index contributed by atoms with van der Waals surface area (Å²) in [5, 5.41) is 0. The first kappa shape index (κ1) is 23.6. The second-order valence-corrected chi connectivity index (χ2v) is 7.28. The zero-order chi connectivity index (χ0) is 25.2. The zero-order valence-corrected chi connectivity index (χ0v) is 18.1. The molecule has 0 aliphatic rings. The maximum atomic E-state index is 13.0. The second-order valence-electron chi connectivity index (χ2n) is 7.28. The Bertz CT molecular complexity index is 1430. The van der Waals surface area contributed by atoms with Gasteiger partial charge in [0, 0.05) is 43.9 Å². The summed E-state index contributed by atoms with van der Waals surface area (Å²) in [6.07, 6.45) is 0.169. The van der Waals surface area contributed by atoms with Gasteiger partial charge in [-0.05, 0) is 18.2 Å². The fourth-order valence-corrected chi connectivity index (χ4v) is 3.26. The van der Waals surface area contributed by atoms with Crippen LogP contribution in [0.25, 0.3) is 22.8 Å². The molecular weight excluding hydrogens is 469 g/mol. The minimum absolute atomic E-state index is 0.0561. The zero-order valence-electron chi connectivity index (χ0n) is 18.1. The summed E-state index contributed by atoms with van der Waals surface area (Å²) < 4.78 is 48.6. The predicted octanol–water partition coefficient (Wildman–Crippen LogP) is 3.19. The summed E-state index contributed by atoms with van der Waals surface area (Å²) in [6, 6.07) is 5.21. The number of halogens is 3. The highest BCUT2D eigenvalue weighted by Crippen LogP contribution is 2.30. The minimum Gasteiger partial charge on any atom is -0.443 e. The molecule has 0 amide bonds. The van der Waals surface area contributed by atoms with Gasteiger partial charge in [0.05, 0.1) is 11.9 Å². The molecule has 0 fully saturated rings. The highest BCUT2D eigenvalue weighted by Gasteiger charge is 2.32. The third-order valence-electron chi connectivity index (χ3n) is 4.84. The summed E-state index contributed by atoms with van der Waals surface area (Å²) in [5.41, 5.74) is 6.25. The van der Waals surface area contributed by atoms with Crippen LogP contribution in [0.4, 0.5) is 19.0 Å². The number of rotatable bonds is 7. The van der Waals surface area contributed by atoms with Crippen LogP contribution in [0, 0.1) is 0 Å². The number of ketones is 1. The topological polar surface area (TPSA) is 139 Å². The average Bonchev–Trinajstić information content (AvgIpc) is 3.34. The highest BCUT2D eigenvalue weighted by molar-refractivity contribution is 5.99. The molecule has 4 aromatic rings. The number of hydrogen-bond acceptors (Lipinski definition) is 9. The lowest BCUT2D eigenvalue weighted by Crippen LogP contribution is -2.19. The number of carbonyl (C=O) groups excluding carboxylic acids is 1. The lowest BCUT2D eigenvalue weighted by Gasteiger charge is -2.13. The number of Topliss-reactive ketones (excluding diaryl/α,β-unsaturated/α-hetero) is 1. The van der Waals surface area contributed by atoms with Crippen LogP contribution in [-0.2, 0) is 13.5 Å². The van der Waals surface area contributed by atoms with Crippen molar-refractivity contribution >= 4 is 11.6 Å². The fourth-order valence-electron chi connectivity index (χ4n) is 3.26. The SMILES string of the molecule is Cn1cc(-c2nc(C(=O)CCc3ncccc3OC(F)(F)F)c(N)nc2-c2ncco2)ccc1=O. The molecule has 180 valence electrons. The van der Waals surface area contributed by atoms with E-state index in [1.54, 1.807) is 7.05 Å². The van der Waals surface area contributed by atoms with Crippen molar-refractivity contribution in [2.24, 2.45) is 7.05 Å². The Morgan fingerprint density at radius 2 is 1.94 bits per heavy atom. The molecular formula is C22H17F3N6O4. The van der Waals surface area contributed by atoms with Crippen LogP contribution < -0.4 is 16.0 Å². The molecule has 0 saturated carbocycles. The van der Waals surface area contributed by atoms with E-state index in [1.807, 2.05) is 0 Å². The second kappa shape index (κ2) is 9.37. The Morgan fingerprint density at radius 3 is 2.63 bits per heavy atom. The van der Waals surface area contributed by atoms with E-state index >= 15 is 0 Å².